The number of hydrogen-bond acceptors (Lipinski definition) is 2. The topological polar surface area (TPSA) is 41.6 Å². The van der Waals surface area contributed by atoms with Crippen LogP contribution in [-0.4, -0.2) is 15.4 Å². The number of H-pyrrole nitrogens is 1. The number of halogens is 2. The maximum absolute atomic E-state index is 13.2. The molecule has 1 aromatic rings. The summed E-state index contributed by atoms with van der Waals surface area (Å²) in [6.07, 6.45) is 1.09. The van der Waals surface area contributed by atoms with E-state index < -0.39 is 5.92 Å². The Bertz CT molecular complexity index is 270. The van der Waals surface area contributed by atoms with E-state index in [9.17, 15) is 8.78 Å². The van der Waals surface area contributed by atoms with Crippen molar-refractivity contribution in [1.29, 1.82) is 0 Å². The van der Waals surface area contributed by atoms with Crippen LogP contribution in [0.5, 0.6) is 0 Å². The zero-order valence-corrected chi connectivity index (χ0v) is 7.77. The van der Waals surface area contributed by atoms with Crippen molar-refractivity contribution in [3.8, 4) is 0 Å². The van der Waals surface area contributed by atoms with Gasteiger partial charge in [0.1, 0.15) is 0 Å². The fraction of sp³-hybridized carbons (Fsp3) is 0.750. The lowest BCUT2D eigenvalue weighted by Crippen LogP contribution is -2.14. The minimum Gasteiger partial charge on any atom is -0.199 e. The molecule has 0 unspecified atom stereocenters. The van der Waals surface area contributed by atoms with Crippen LogP contribution in [0.15, 0.2) is 0 Å². The van der Waals surface area contributed by atoms with Gasteiger partial charge in [-0.05, 0) is 6.42 Å². The molecule has 0 aliphatic carbocycles. The molecule has 0 aromatic carbocycles. The Labute approximate surface area is 75.5 Å². The first-order valence-electron chi connectivity index (χ1n) is 4.39. The van der Waals surface area contributed by atoms with E-state index in [0.29, 0.717) is 12.1 Å². The molecule has 0 amide bonds. The Morgan fingerprint density at radius 3 is 2.54 bits per heavy atom. The Morgan fingerprint density at radius 1 is 1.31 bits per heavy atom. The lowest BCUT2D eigenvalue weighted by atomic mass is 10.1. The van der Waals surface area contributed by atoms with Crippen LogP contribution < -0.4 is 0 Å². The van der Waals surface area contributed by atoms with Gasteiger partial charge in [0.2, 0.25) is 0 Å². The third kappa shape index (κ3) is 2.02. The minimum atomic E-state index is -2.85. The quantitative estimate of drug-likeness (QED) is 0.789. The lowest BCUT2D eigenvalue weighted by molar-refractivity contribution is -0.0137. The summed E-state index contributed by atoms with van der Waals surface area (Å²) < 4.78 is 26.4. The van der Waals surface area contributed by atoms with Gasteiger partial charge in [0, 0.05) is 6.42 Å². The van der Waals surface area contributed by atoms with E-state index >= 15 is 0 Å². The summed E-state index contributed by atoms with van der Waals surface area (Å²) in [5.74, 6) is -2.85. The highest BCUT2D eigenvalue weighted by atomic mass is 19.3. The van der Waals surface area contributed by atoms with Gasteiger partial charge in [-0.25, -0.2) is 0 Å². The van der Waals surface area contributed by atoms with Gasteiger partial charge in [-0.15, -0.1) is 0 Å². The summed E-state index contributed by atoms with van der Waals surface area (Å²) in [4.78, 5) is 0. The largest absolute Gasteiger partial charge is 0.293 e. The first kappa shape index (κ1) is 10.1. The van der Waals surface area contributed by atoms with Crippen LogP contribution in [0.4, 0.5) is 8.78 Å². The van der Waals surface area contributed by atoms with Crippen molar-refractivity contribution in [2.24, 2.45) is 0 Å². The molecule has 0 spiro atoms. The average molecular weight is 189 g/mol. The van der Waals surface area contributed by atoms with Gasteiger partial charge in [0.15, 0.2) is 5.69 Å². The molecule has 5 heteroatoms. The van der Waals surface area contributed by atoms with Crippen molar-refractivity contribution in [2.45, 2.75) is 39.0 Å². The maximum Gasteiger partial charge on any atom is 0.293 e. The molecular formula is C8H13F2N3. The van der Waals surface area contributed by atoms with Crippen LogP contribution >= 0.6 is 0 Å². The summed E-state index contributed by atoms with van der Waals surface area (Å²) >= 11 is 0. The van der Waals surface area contributed by atoms with Gasteiger partial charge in [0.05, 0.1) is 5.69 Å². The summed E-state index contributed by atoms with van der Waals surface area (Å²) in [5.41, 5.74) is 0.186. The molecule has 0 saturated carbocycles. The van der Waals surface area contributed by atoms with E-state index in [4.69, 9.17) is 0 Å². The van der Waals surface area contributed by atoms with E-state index in [0.717, 1.165) is 6.42 Å². The Hall–Kier alpha value is -1.00. The monoisotopic (exact) mass is 189 g/mol. The molecule has 0 aliphatic heterocycles. The number of aromatic nitrogens is 3. The smallest absolute Gasteiger partial charge is 0.199 e. The highest BCUT2D eigenvalue weighted by molar-refractivity contribution is 5.14. The summed E-state index contributed by atoms with van der Waals surface area (Å²) in [7, 11) is 0. The van der Waals surface area contributed by atoms with Crippen LogP contribution in [0.1, 0.15) is 38.1 Å². The molecule has 0 radical (unpaired) electrons. The number of aryl methyl sites for hydroxylation is 1. The molecule has 1 aromatic heterocycles. The molecule has 1 heterocycles. The second kappa shape index (κ2) is 3.81. The second-order valence-electron chi connectivity index (χ2n) is 2.93. The van der Waals surface area contributed by atoms with Crippen LogP contribution in [0, 0.1) is 0 Å². The molecule has 74 valence electrons. The molecule has 0 aliphatic rings. The number of aromatic amines is 1. The standard InChI is InChI=1S/C8H13F2N3/c1-3-5-6-7(12-13-11-6)8(9,10)4-2/h3-5H2,1-2H3,(H,11,12,13). The highest BCUT2D eigenvalue weighted by Crippen LogP contribution is 2.31. The van der Waals surface area contributed by atoms with Crippen molar-refractivity contribution in [3.63, 3.8) is 0 Å². The van der Waals surface area contributed by atoms with E-state index in [1.807, 2.05) is 6.92 Å². The third-order valence-electron chi connectivity index (χ3n) is 1.90. The molecule has 1 N–H and O–H groups in total. The molecular weight excluding hydrogens is 176 g/mol. The Kier molecular flexibility index (Phi) is 2.95. The predicted molar refractivity (Wildman–Crippen MR) is 44.6 cm³/mol. The fourth-order valence-corrected chi connectivity index (χ4v) is 1.12. The van der Waals surface area contributed by atoms with E-state index in [-0.39, 0.29) is 12.1 Å². The zero-order chi connectivity index (χ0) is 9.90. The van der Waals surface area contributed by atoms with Crippen molar-refractivity contribution in [1.82, 2.24) is 15.4 Å². The number of rotatable bonds is 4. The van der Waals surface area contributed by atoms with Crippen LogP contribution in [0.2, 0.25) is 0 Å². The van der Waals surface area contributed by atoms with Gasteiger partial charge in [0.25, 0.3) is 5.92 Å². The molecule has 0 bridgehead atoms. The van der Waals surface area contributed by atoms with Gasteiger partial charge >= 0.3 is 0 Å². The van der Waals surface area contributed by atoms with Crippen LogP contribution in [-0.2, 0) is 12.3 Å². The molecule has 1 rings (SSSR count). The first-order chi connectivity index (χ1) is 6.11. The first-order valence-corrected chi connectivity index (χ1v) is 4.39. The fourth-order valence-electron chi connectivity index (χ4n) is 1.12. The minimum absolute atomic E-state index is 0.197. The van der Waals surface area contributed by atoms with E-state index in [1.165, 1.54) is 6.92 Å². The summed E-state index contributed by atoms with van der Waals surface area (Å²) in [6.45, 7) is 3.35. The lowest BCUT2D eigenvalue weighted by Gasteiger charge is -2.11. The van der Waals surface area contributed by atoms with Crippen molar-refractivity contribution in [2.75, 3.05) is 0 Å². The van der Waals surface area contributed by atoms with Crippen molar-refractivity contribution >= 4 is 0 Å². The number of nitrogens with one attached hydrogen (secondary N) is 1. The molecule has 0 saturated heterocycles. The third-order valence-corrected chi connectivity index (χ3v) is 1.90. The molecule has 13 heavy (non-hydrogen) atoms. The van der Waals surface area contributed by atoms with Gasteiger partial charge in [-0.3, -0.25) is 0 Å². The van der Waals surface area contributed by atoms with Crippen LogP contribution in [0.25, 0.3) is 0 Å². The highest BCUT2D eigenvalue weighted by Gasteiger charge is 2.34. The summed E-state index contributed by atoms with van der Waals surface area (Å²) in [6, 6.07) is 0. The molecule has 0 atom stereocenters. The van der Waals surface area contributed by atoms with E-state index in [1.54, 1.807) is 0 Å². The number of hydrogen-bond donors (Lipinski definition) is 1. The van der Waals surface area contributed by atoms with Crippen LogP contribution in [0.3, 0.4) is 0 Å². The maximum atomic E-state index is 13.2. The number of nitrogens with zero attached hydrogens (tertiary/aromatic N) is 2. The zero-order valence-electron chi connectivity index (χ0n) is 7.77. The van der Waals surface area contributed by atoms with Gasteiger partial charge in [-0.2, -0.15) is 24.2 Å². The average Bonchev–Trinajstić information content (AvgIpc) is 2.54. The summed E-state index contributed by atoms with van der Waals surface area (Å²) in [5, 5.41) is 9.44. The molecule has 3 nitrogen and oxygen atoms in total. The van der Waals surface area contributed by atoms with Crippen molar-refractivity contribution < 1.29 is 8.78 Å². The van der Waals surface area contributed by atoms with Gasteiger partial charge in [-0.1, -0.05) is 20.3 Å². The van der Waals surface area contributed by atoms with Gasteiger partial charge < -0.3 is 0 Å². The van der Waals surface area contributed by atoms with Crippen molar-refractivity contribution in [3.05, 3.63) is 11.4 Å². The molecule has 0 fully saturated rings. The Balaban J connectivity index is 2.93. The predicted octanol–water partition coefficient (Wildman–Crippen LogP) is 2.26. The SMILES string of the molecule is CCCc1n[nH]nc1C(F)(F)CC. The Morgan fingerprint density at radius 2 is 2.00 bits per heavy atom. The second-order valence-corrected chi connectivity index (χ2v) is 2.93. The normalized spacial score (nSPS) is 12.0. The van der Waals surface area contributed by atoms with E-state index in [2.05, 4.69) is 15.4 Å². The number of alkyl halides is 2.